The van der Waals surface area contributed by atoms with Crippen molar-refractivity contribution in [3.63, 3.8) is 0 Å². The van der Waals surface area contributed by atoms with E-state index in [0.29, 0.717) is 12.8 Å². The Hall–Kier alpha value is -1.04. The molecule has 6 heteroatoms. The number of hydrogen-bond donors (Lipinski definition) is 1. The van der Waals surface area contributed by atoms with Crippen LogP contribution in [-0.2, 0) is 9.59 Å². The smallest absolute Gasteiger partial charge is 0.253 e. The summed E-state index contributed by atoms with van der Waals surface area (Å²) >= 11 is 1.73. The van der Waals surface area contributed by atoms with E-state index >= 15 is 0 Å². The Labute approximate surface area is 129 Å². The van der Waals surface area contributed by atoms with Crippen molar-refractivity contribution in [2.45, 2.75) is 57.0 Å². The van der Waals surface area contributed by atoms with Gasteiger partial charge in [0.05, 0.1) is 0 Å². The maximum Gasteiger partial charge on any atom is 0.253 e. The molecule has 2 amide bonds. The quantitative estimate of drug-likeness (QED) is 0.750. The Morgan fingerprint density at radius 1 is 1.38 bits per heavy atom. The molecule has 3 aliphatic rings. The van der Waals surface area contributed by atoms with E-state index in [0.717, 1.165) is 16.8 Å². The molecule has 3 atom stereocenters. The van der Waals surface area contributed by atoms with Gasteiger partial charge in [0.15, 0.2) is 5.17 Å². The molecule has 0 radical (unpaired) electrons. The maximum atomic E-state index is 12.1. The molecule has 0 aromatic carbocycles. The molecule has 0 bridgehead atoms. The summed E-state index contributed by atoms with van der Waals surface area (Å²) in [5, 5.41) is 4.48. The molecule has 2 heterocycles. The van der Waals surface area contributed by atoms with Gasteiger partial charge >= 0.3 is 0 Å². The molecule has 3 unspecified atom stereocenters. The first-order chi connectivity index (χ1) is 9.99. The van der Waals surface area contributed by atoms with Crippen molar-refractivity contribution in [1.82, 2.24) is 10.2 Å². The van der Waals surface area contributed by atoms with Crippen molar-refractivity contribution in [1.29, 1.82) is 0 Å². The predicted molar refractivity (Wildman–Crippen MR) is 84.2 cm³/mol. The van der Waals surface area contributed by atoms with Crippen molar-refractivity contribution in [2.75, 3.05) is 12.8 Å². The lowest BCUT2D eigenvalue weighted by atomic mass is 9.78. The summed E-state index contributed by atoms with van der Waals surface area (Å²) in [4.78, 5) is 29.4. The number of carbonyl (C=O) groups is 2. The van der Waals surface area contributed by atoms with Crippen LogP contribution in [0.2, 0.25) is 0 Å². The second-order valence-electron chi connectivity index (χ2n) is 6.68. The zero-order valence-corrected chi connectivity index (χ0v) is 13.5. The van der Waals surface area contributed by atoms with Crippen LogP contribution in [0.3, 0.4) is 0 Å². The van der Waals surface area contributed by atoms with E-state index < -0.39 is 0 Å². The fourth-order valence-electron chi connectivity index (χ4n) is 3.64. The Kier molecular flexibility index (Phi) is 3.99. The Balaban J connectivity index is 1.68. The van der Waals surface area contributed by atoms with E-state index in [1.165, 1.54) is 30.6 Å². The lowest BCUT2D eigenvalue weighted by Crippen LogP contribution is -2.48. The van der Waals surface area contributed by atoms with Crippen LogP contribution in [0, 0.1) is 5.92 Å². The molecule has 0 aromatic rings. The van der Waals surface area contributed by atoms with Crippen LogP contribution in [0.4, 0.5) is 0 Å². The van der Waals surface area contributed by atoms with E-state index in [9.17, 15) is 9.59 Å². The highest BCUT2D eigenvalue weighted by Crippen LogP contribution is 2.39. The molecule has 1 saturated carbocycles. The molecule has 1 aliphatic carbocycles. The molecule has 1 spiro atoms. The Morgan fingerprint density at radius 3 is 2.95 bits per heavy atom. The number of hydrogen-bond acceptors (Lipinski definition) is 4. The van der Waals surface area contributed by atoms with E-state index in [-0.39, 0.29) is 23.4 Å². The van der Waals surface area contributed by atoms with Gasteiger partial charge in [0, 0.05) is 24.8 Å². The number of amides is 2. The number of rotatable bonds is 1. The number of piperidine rings is 1. The topological polar surface area (TPSA) is 61.8 Å². The van der Waals surface area contributed by atoms with Gasteiger partial charge in [0.25, 0.3) is 5.91 Å². The highest BCUT2D eigenvalue weighted by molar-refractivity contribution is 8.14. The average Bonchev–Trinajstić information content (AvgIpc) is 2.82. The third-order valence-electron chi connectivity index (χ3n) is 4.84. The van der Waals surface area contributed by atoms with Gasteiger partial charge < -0.3 is 5.32 Å². The third-order valence-corrected chi connectivity index (χ3v) is 6.02. The molecular weight excluding hydrogens is 286 g/mol. The van der Waals surface area contributed by atoms with Crippen LogP contribution in [0.1, 0.15) is 45.4 Å². The first-order valence-electron chi connectivity index (χ1n) is 7.78. The minimum Gasteiger partial charge on any atom is -0.359 e. The molecule has 5 nitrogen and oxygen atoms in total. The third kappa shape index (κ3) is 2.96. The lowest BCUT2D eigenvalue weighted by Gasteiger charge is -2.36. The van der Waals surface area contributed by atoms with Crippen LogP contribution < -0.4 is 5.32 Å². The number of thioether (sulfide) groups is 1. The van der Waals surface area contributed by atoms with Crippen LogP contribution in [0.5, 0.6) is 0 Å². The molecule has 2 aliphatic heterocycles. The zero-order chi connectivity index (χ0) is 15.0. The summed E-state index contributed by atoms with van der Waals surface area (Å²) in [7, 11) is 1.55. The van der Waals surface area contributed by atoms with E-state index in [2.05, 4.69) is 17.2 Å². The highest BCUT2D eigenvalue weighted by Gasteiger charge is 2.41. The van der Waals surface area contributed by atoms with Gasteiger partial charge in [-0.25, -0.2) is 4.99 Å². The van der Waals surface area contributed by atoms with Crippen molar-refractivity contribution in [3.05, 3.63) is 0 Å². The number of carbonyl (C=O) groups excluding carboxylic acids is 2. The minimum absolute atomic E-state index is 0.0962. The zero-order valence-electron chi connectivity index (χ0n) is 12.7. The Morgan fingerprint density at radius 2 is 2.19 bits per heavy atom. The van der Waals surface area contributed by atoms with Crippen molar-refractivity contribution >= 4 is 28.7 Å². The number of likely N-dealkylation sites (N-methyl/N-ethyl adjacent to an activating group) is 1. The number of likely N-dealkylation sites (tertiary alicyclic amines) is 1. The summed E-state index contributed by atoms with van der Waals surface area (Å²) in [5.41, 5.74) is 0.181. The van der Waals surface area contributed by atoms with Gasteiger partial charge in [-0.2, -0.15) is 0 Å². The van der Waals surface area contributed by atoms with Crippen LogP contribution >= 0.6 is 11.8 Å². The van der Waals surface area contributed by atoms with Crippen LogP contribution in [0.15, 0.2) is 4.99 Å². The van der Waals surface area contributed by atoms with Crippen LogP contribution in [-0.4, -0.2) is 46.3 Å². The first-order valence-corrected chi connectivity index (χ1v) is 8.77. The van der Waals surface area contributed by atoms with E-state index in [4.69, 9.17) is 0 Å². The molecule has 0 aromatic heterocycles. The number of aliphatic imine (C=N–C) groups is 1. The molecule has 21 heavy (non-hydrogen) atoms. The molecule has 116 valence electrons. The summed E-state index contributed by atoms with van der Waals surface area (Å²) in [6, 6.07) is -0.390. The average molecular weight is 309 g/mol. The number of imide groups is 1. The summed E-state index contributed by atoms with van der Waals surface area (Å²) < 4.78 is 0. The second-order valence-corrected chi connectivity index (χ2v) is 7.64. The minimum atomic E-state index is -0.390. The molecular formula is C15H23N3O2S. The molecule has 2 saturated heterocycles. The van der Waals surface area contributed by atoms with Gasteiger partial charge in [-0.15, -0.1) is 0 Å². The summed E-state index contributed by atoms with van der Waals surface area (Å²) in [6.45, 7) is 2.31. The molecule has 3 rings (SSSR count). The van der Waals surface area contributed by atoms with Gasteiger partial charge in [0.1, 0.15) is 6.04 Å². The highest BCUT2D eigenvalue weighted by atomic mass is 32.2. The first kappa shape index (κ1) is 14.9. The van der Waals surface area contributed by atoms with Gasteiger partial charge in [-0.05, 0) is 25.2 Å². The fourth-order valence-corrected chi connectivity index (χ4v) is 4.88. The second kappa shape index (κ2) is 5.63. The maximum absolute atomic E-state index is 12.1. The van der Waals surface area contributed by atoms with Crippen molar-refractivity contribution < 1.29 is 9.59 Å². The van der Waals surface area contributed by atoms with Crippen molar-refractivity contribution in [3.8, 4) is 0 Å². The standard InChI is InChI=1S/C15H23N3O2S/c1-10-4-3-7-15(8-10)9-21-14(17-15)16-11-5-6-12(19)18(2)13(11)20/h10-11H,3-9H2,1-2H3,(H,16,17). The summed E-state index contributed by atoms with van der Waals surface area (Å²) in [6.07, 6.45) is 5.92. The van der Waals surface area contributed by atoms with E-state index in [1.54, 1.807) is 18.8 Å². The molecule has 1 N–H and O–H groups in total. The summed E-state index contributed by atoms with van der Waals surface area (Å²) in [5.74, 6) is 1.54. The van der Waals surface area contributed by atoms with E-state index in [1.807, 2.05) is 0 Å². The number of amidine groups is 1. The predicted octanol–water partition coefficient (Wildman–Crippen LogP) is 1.78. The van der Waals surface area contributed by atoms with Gasteiger partial charge in [0.2, 0.25) is 5.91 Å². The monoisotopic (exact) mass is 309 g/mol. The van der Waals surface area contributed by atoms with Gasteiger partial charge in [-0.3, -0.25) is 14.5 Å². The fraction of sp³-hybridized carbons (Fsp3) is 0.800. The van der Waals surface area contributed by atoms with Crippen LogP contribution in [0.25, 0.3) is 0 Å². The SMILES string of the molecule is CC1CCCC2(CSC(=NC3CCC(=O)N(C)C3=O)N2)C1. The number of nitrogens with zero attached hydrogens (tertiary/aromatic N) is 2. The number of nitrogens with one attached hydrogen (secondary N) is 1. The van der Waals surface area contributed by atoms with Crippen molar-refractivity contribution in [2.24, 2.45) is 10.9 Å². The lowest BCUT2D eigenvalue weighted by molar-refractivity contribution is -0.147. The molecule has 3 fully saturated rings. The largest absolute Gasteiger partial charge is 0.359 e. The van der Waals surface area contributed by atoms with Gasteiger partial charge in [-0.1, -0.05) is 31.5 Å². The Bertz CT molecular complexity index is 493. The normalized spacial score (nSPS) is 39.1.